The number of hydrogen-bond acceptors (Lipinski definition) is 3. The molecule has 1 saturated carbocycles. The largest absolute Gasteiger partial charge is 0.378 e. The number of nitrogens with zero attached hydrogens (tertiary/aromatic N) is 4. The van der Waals surface area contributed by atoms with E-state index in [1.807, 2.05) is 25.0 Å². The summed E-state index contributed by atoms with van der Waals surface area (Å²) in [4.78, 5) is 6.80. The van der Waals surface area contributed by atoms with E-state index in [4.69, 9.17) is 4.74 Å². The Kier molecular flexibility index (Phi) is 8.48. The molecule has 1 N–H and O–H groups in total. The van der Waals surface area contributed by atoms with Gasteiger partial charge in [0.1, 0.15) is 0 Å². The molecule has 1 unspecified atom stereocenters. The zero-order chi connectivity index (χ0) is 16.8. The lowest BCUT2D eigenvalue weighted by atomic mass is 10.0. The first-order chi connectivity index (χ1) is 11.8. The lowest BCUT2D eigenvalue weighted by Crippen LogP contribution is -2.40. The fraction of sp³-hybridized carbons (Fsp3) is 0.778. The van der Waals surface area contributed by atoms with Crippen molar-refractivity contribution < 1.29 is 4.74 Å². The number of aliphatic imine (C=N–C) groups is 1. The second-order valence-electron chi connectivity index (χ2n) is 6.98. The topological polar surface area (TPSA) is 54.7 Å². The molecule has 1 saturated heterocycles. The van der Waals surface area contributed by atoms with Crippen LogP contribution >= 0.6 is 24.0 Å². The highest BCUT2D eigenvalue weighted by Crippen LogP contribution is 2.26. The van der Waals surface area contributed by atoms with Gasteiger partial charge in [-0.1, -0.05) is 12.8 Å². The minimum atomic E-state index is 0. The number of nitrogens with one attached hydrogen (secondary N) is 1. The lowest BCUT2D eigenvalue weighted by Gasteiger charge is -2.21. The number of ether oxygens (including phenoxy) is 1. The maximum atomic E-state index is 5.92. The number of aromatic nitrogens is 2. The predicted molar refractivity (Wildman–Crippen MR) is 112 cm³/mol. The zero-order valence-corrected chi connectivity index (χ0v) is 17.8. The van der Waals surface area contributed by atoms with E-state index < -0.39 is 0 Å². The number of rotatable bonds is 6. The Morgan fingerprint density at radius 1 is 1.36 bits per heavy atom. The third-order valence-corrected chi connectivity index (χ3v) is 5.16. The zero-order valence-electron chi connectivity index (χ0n) is 15.5. The van der Waals surface area contributed by atoms with Crippen LogP contribution in [-0.4, -0.2) is 60.0 Å². The van der Waals surface area contributed by atoms with E-state index in [-0.39, 0.29) is 24.0 Å². The van der Waals surface area contributed by atoms with E-state index in [0.717, 1.165) is 45.0 Å². The van der Waals surface area contributed by atoms with Gasteiger partial charge in [0.2, 0.25) is 0 Å². The minimum absolute atomic E-state index is 0. The summed E-state index contributed by atoms with van der Waals surface area (Å²) in [6.45, 7) is 3.85. The van der Waals surface area contributed by atoms with Crippen molar-refractivity contribution in [2.45, 2.75) is 50.5 Å². The molecule has 2 fully saturated rings. The Bertz CT molecular complexity index is 541. The van der Waals surface area contributed by atoms with Gasteiger partial charge in [-0.25, -0.2) is 0 Å². The maximum absolute atomic E-state index is 5.92. The number of likely N-dealkylation sites (tertiary alicyclic amines) is 1. The molecular formula is C18H32IN5O. The van der Waals surface area contributed by atoms with E-state index in [9.17, 15) is 0 Å². The van der Waals surface area contributed by atoms with Crippen molar-refractivity contribution in [1.29, 1.82) is 0 Å². The Morgan fingerprint density at radius 2 is 2.16 bits per heavy atom. The van der Waals surface area contributed by atoms with Gasteiger partial charge in [0.25, 0.3) is 0 Å². The summed E-state index contributed by atoms with van der Waals surface area (Å²) in [5, 5.41) is 7.78. The molecule has 1 atom stereocenters. The lowest BCUT2D eigenvalue weighted by molar-refractivity contribution is 0.0573. The van der Waals surface area contributed by atoms with Gasteiger partial charge in [-0.2, -0.15) is 5.10 Å². The number of halogens is 1. The Balaban J connectivity index is 0.00000225. The van der Waals surface area contributed by atoms with Gasteiger partial charge in [0.05, 0.1) is 12.3 Å². The summed E-state index contributed by atoms with van der Waals surface area (Å²) in [5.41, 5.74) is 1.33. The first kappa shape index (κ1) is 20.5. The molecule has 1 aliphatic heterocycles. The molecular weight excluding hydrogens is 429 g/mol. The highest BCUT2D eigenvalue weighted by molar-refractivity contribution is 14.0. The summed E-state index contributed by atoms with van der Waals surface area (Å²) in [7, 11) is 3.85. The predicted octanol–water partition coefficient (Wildman–Crippen LogP) is 2.75. The Hall–Kier alpha value is -0.830. The smallest absolute Gasteiger partial charge is 0.193 e. The average Bonchev–Trinajstić information content (AvgIpc) is 3.32. The van der Waals surface area contributed by atoms with E-state index in [1.165, 1.54) is 31.2 Å². The third-order valence-electron chi connectivity index (χ3n) is 5.16. The number of hydrogen-bond donors (Lipinski definition) is 1. The summed E-state index contributed by atoms with van der Waals surface area (Å²) in [6, 6.07) is 0. The highest BCUT2D eigenvalue weighted by Gasteiger charge is 2.26. The van der Waals surface area contributed by atoms with Gasteiger partial charge in [0.15, 0.2) is 5.96 Å². The molecule has 2 heterocycles. The van der Waals surface area contributed by atoms with Gasteiger partial charge in [-0.15, -0.1) is 24.0 Å². The molecule has 7 heteroatoms. The maximum Gasteiger partial charge on any atom is 0.193 e. The number of aryl methyl sites for hydroxylation is 1. The van der Waals surface area contributed by atoms with Crippen LogP contribution in [0.15, 0.2) is 17.4 Å². The fourth-order valence-corrected chi connectivity index (χ4v) is 3.79. The molecule has 0 amide bonds. The molecule has 25 heavy (non-hydrogen) atoms. The van der Waals surface area contributed by atoms with Crippen molar-refractivity contribution >= 4 is 29.9 Å². The van der Waals surface area contributed by atoms with E-state index in [1.54, 1.807) is 0 Å². The molecule has 1 aromatic rings. The van der Waals surface area contributed by atoms with Crippen molar-refractivity contribution in [2.75, 3.05) is 33.3 Å². The van der Waals surface area contributed by atoms with Crippen LogP contribution in [0.1, 0.15) is 50.0 Å². The molecule has 3 rings (SSSR count). The van der Waals surface area contributed by atoms with E-state index in [2.05, 4.69) is 26.5 Å². The summed E-state index contributed by atoms with van der Waals surface area (Å²) < 4.78 is 7.80. The number of guanidine groups is 1. The second-order valence-corrected chi connectivity index (χ2v) is 6.98. The van der Waals surface area contributed by atoms with E-state index in [0.29, 0.717) is 12.0 Å². The van der Waals surface area contributed by atoms with Gasteiger partial charge < -0.3 is 15.0 Å². The van der Waals surface area contributed by atoms with Gasteiger partial charge >= 0.3 is 0 Å². The quantitative estimate of drug-likeness (QED) is 0.307. The first-order valence-electron chi connectivity index (χ1n) is 9.32. The van der Waals surface area contributed by atoms with Crippen LogP contribution in [-0.2, 0) is 11.8 Å². The second kappa shape index (κ2) is 10.4. The van der Waals surface area contributed by atoms with Crippen LogP contribution in [0.2, 0.25) is 0 Å². The molecule has 0 aromatic carbocycles. The third kappa shape index (κ3) is 5.84. The van der Waals surface area contributed by atoms with Crippen LogP contribution < -0.4 is 5.32 Å². The molecule has 0 radical (unpaired) electrons. The van der Waals surface area contributed by atoms with Gasteiger partial charge in [-0.05, 0) is 31.2 Å². The van der Waals surface area contributed by atoms with Crippen molar-refractivity contribution in [3.05, 3.63) is 18.0 Å². The van der Waals surface area contributed by atoms with Crippen LogP contribution in [0.4, 0.5) is 0 Å². The fourth-order valence-electron chi connectivity index (χ4n) is 3.79. The van der Waals surface area contributed by atoms with Crippen molar-refractivity contribution in [3.63, 3.8) is 0 Å². The average molecular weight is 461 g/mol. The molecule has 142 valence electrons. The molecule has 1 aromatic heterocycles. The van der Waals surface area contributed by atoms with Crippen LogP contribution in [0, 0.1) is 0 Å². The van der Waals surface area contributed by atoms with Gasteiger partial charge in [0, 0.05) is 52.5 Å². The summed E-state index contributed by atoms with van der Waals surface area (Å²) >= 11 is 0. The van der Waals surface area contributed by atoms with Crippen LogP contribution in [0.5, 0.6) is 0 Å². The van der Waals surface area contributed by atoms with Crippen molar-refractivity contribution in [3.8, 4) is 0 Å². The van der Waals surface area contributed by atoms with Crippen LogP contribution in [0.3, 0.4) is 0 Å². The Labute approximate surface area is 168 Å². The first-order valence-corrected chi connectivity index (χ1v) is 9.32. The molecule has 0 spiro atoms. The van der Waals surface area contributed by atoms with Crippen molar-refractivity contribution in [1.82, 2.24) is 20.0 Å². The Morgan fingerprint density at radius 3 is 2.84 bits per heavy atom. The summed E-state index contributed by atoms with van der Waals surface area (Å²) in [6.07, 6.45) is 12.0. The van der Waals surface area contributed by atoms with Crippen molar-refractivity contribution in [2.24, 2.45) is 12.0 Å². The van der Waals surface area contributed by atoms with Gasteiger partial charge in [-0.3, -0.25) is 9.67 Å². The highest BCUT2D eigenvalue weighted by atomic mass is 127. The molecule has 0 bridgehead atoms. The minimum Gasteiger partial charge on any atom is -0.378 e. The molecule has 6 nitrogen and oxygen atoms in total. The van der Waals surface area contributed by atoms with Crippen LogP contribution in [0.25, 0.3) is 0 Å². The molecule has 2 aliphatic rings. The SMILES string of the molecule is CN=C(NCCCOC1CCCC1)N1CCC(c2cnn(C)c2)C1.I. The van der Waals surface area contributed by atoms with E-state index >= 15 is 0 Å². The molecule has 1 aliphatic carbocycles. The standard InChI is InChI=1S/C18H31N5O.HI/c1-19-18(20-9-5-11-24-17-6-3-4-7-17)23-10-8-15(14-23)16-12-21-22(2)13-16;/h12-13,15,17H,3-11,14H2,1-2H3,(H,19,20);1H. The normalized spacial score (nSPS) is 21.6. The summed E-state index contributed by atoms with van der Waals surface area (Å²) in [5.74, 6) is 1.57. The monoisotopic (exact) mass is 461 g/mol.